The lowest BCUT2D eigenvalue weighted by molar-refractivity contribution is -0.480. The molecule has 0 amide bonds. The van der Waals surface area contributed by atoms with Crippen LogP contribution in [0.3, 0.4) is 0 Å². The molecule has 0 N–H and O–H groups in total. The summed E-state index contributed by atoms with van der Waals surface area (Å²) in [5, 5.41) is 10.4. The van der Waals surface area contributed by atoms with Crippen LogP contribution >= 0.6 is 0 Å². The zero-order valence-corrected chi connectivity index (χ0v) is 11.1. The molecule has 1 aliphatic rings. The van der Waals surface area contributed by atoms with Gasteiger partial charge in [0.05, 0.1) is 14.2 Å². The molecular formula is C11H19N3O4. The molecule has 0 aliphatic carbocycles. The van der Waals surface area contributed by atoms with E-state index in [0.29, 0.717) is 11.8 Å². The highest BCUT2D eigenvalue weighted by molar-refractivity contribution is 5.94. The summed E-state index contributed by atoms with van der Waals surface area (Å²) >= 11 is 0. The second-order valence-corrected chi connectivity index (χ2v) is 4.39. The summed E-state index contributed by atoms with van der Waals surface area (Å²) < 4.78 is 10.4. The highest BCUT2D eigenvalue weighted by Crippen LogP contribution is 2.18. The topological polar surface area (TPSA) is 86.3 Å². The third-order valence-corrected chi connectivity index (χ3v) is 2.72. The maximum Gasteiger partial charge on any atom is 0.209 e. The van der Waals surface area contributed by atoms with Crippen LogP contribution in [0.1, 0.15) is 20.3 Å². The molecule has 0 unspecified atom stereocenters. The molecule has 0 aromatic rings. The summed E-state index contributed by atoms with van der Waals surface area (Å²) in [4.78, 5) is 18.8. The Kier molecular flexibility index (Phi) is 5.06. The Hall–Kier alpha value is -1.66. The van der Waals surface area contributed by atoms with Gasteiger partial charge in [0.25, 0.3) is 0 Å². The second kappa shape index (κ2) is 6.32. The first kappa shape index (κ1) is 14.4. The molecule has 18 heavy (non-hydrogen) atoms. The fraction of sp³-hybridized carbons (Fsp3) is 0.818. The highest BCUT2D eigenvalue weighted by Gasteiger charge is 2.31. The third-order valence-electron chi connectivity index (χ3n) is 2.72. The molecule has 2 atom stereocenters. The lowest BCUT2D eigenvalue weighted by atomic mass is 10.0. The summed E-state index contributed by atoms with van der Waals surface area (Å²) in [6.45, 7) is 3.85. The first-order valence-corrected chi connectivity index (χ1v) is 5.84. The summed E-state index contributed by atoms with van der Waals surface area (Å²) in [6, 6.07) is -0.609. The highest BCUT2D eigenvalue weighted by atomic mass is 16.6. The van der Waals surface area contributed by atoms with Gasteiger partial charge in [0, 0.05) is 11.3 Å². The standard InChI is InChI=1S/C11H19N3O4/c1-7(2)9-11(18-4)12-8(5-6-14(15)16)10(13-9)17-3/h7-9H,5-6H2,1-4H3/t8-,9+/m1/s1. The normalized spacial score (nSPS) is 23.4. The van der Waals surface area contributed by atoms with Gasteiger partial charge in [0.15, 0.2) is 0 Å². The van der Waals surface area contributed by atoms with E-state index >= 15 is 0 Å². The van der Waals surface area contributed by atoms with Crippen molar-refractivity contribution in [2.24, 2.45) is 15.9 Å². The molecule has 1 rings (SSSR count). The molecular weight excluding hydrogens is 238 g/mol. The molecule has 0 radical (unpaired) electrons. The van der Waals surface area contributed by atoms with E-state index in [2.05, 4.69) is 9.98 Å². The van der Waals surface area contributed by atoms with Crippen LogP contribution in [0.4, 0.5) is 0 Å². The van der Waals surface area contributed by atoms with Crippen molar-refractivity contribution in [3.05, 3.63) is 10.1 Å². The number of ether oxygens (including phenoxy) is 2. The van der Waals surface area contributed by atoms with E-state index in [9.17, 15) is 10.1 Å². The number of rotatable bonds is 4. The fourth-order valence-corrected chi connectivity index (χ4v) is 1.78. The molecule has 0 spiro atoms. The Bertz CT molecular complexity index is 365. The minimum Gasteiger partial charge on any atom is -0.483 e. The van der Waals surface area contributed by atoms with Gasteiger partial charge in [-0.15, -0.1) is 0 Å². The molecule has 0 saturated heterocycles. The van der Waals surface area contributed by atoms with Crippen LogP contribution < -0.4 is 0 Å². The molecule has 7 nitrogen and oxygen atoms in total. The smallest absolute Gasteiger partial charge is 0.209 e. The van der Waals surface area contributed by atoms with Gasteiger partial charge in [-0.3, -0.25) is 10.1 Å². The van der Waals surface area contributed by atoms with Crippen LogP contribution in [0.15, 0.2) is 9.98 Å². The quantitative estimate of drug-likeness (QED) is 0.558. The lowest BCUT2D eigenvalue weighted by Crippen LogP contribution is -2.38. The maximum atomic E-state index is 10.4. The zero-order chi connectivity index (χ0) is 13.7. The molecule has 7 heteroatoms. The molecule has 0 bridgehead atoms. The predicted molar refractivity (Wildman–Crippen MR) is 67.8 cm³/mol. The van der Waals surface area contributed by atoms with Gasteiger partial charge in [-0.05, 0) is 5.92 Å². The lowest BCUT2D eigenvalue weighted by Gasteiger charge is -2.26. The van der Waals surface area contributed by atoms with E-state index in [1.54, 1.807) is 0 Å². The Labute approximate surface area is 106 Å². The average molecular weight is 257 g/mol. The summed E-state index contributed by atoms with van der Waals surface area (Å²) in [5.74, 6) is 1.18. The van der Waals surface area contributed by atoms with Gasteiger partial charge < -0.3 is 9.47 Å². The minimum absolute atomic E-state index is 0.167. The Morgan fingerprint density at radius 1 is 1.28 bits per heavy atom. The van der Waals surface area contributed by atoms with Crippen LogP contribution in [-0.2, 0) is 9.47 Å². The Balaban J connectivity index is 2.87. The van der Waals surface area contributed by atoms with E-state index in [0.717, 1.165) is 0 Å². The van der Waals surface area contributed by atoms with Crippen LogP contribution in [0.2, 0.25) is 0 Å². The van der Waals surface area contributed by atoms with Crippen molar-refractivity contribution < 1.29 is 14.4 Å². The third kappa shape index (κ3) is 3.41. The number of aliphatic imine (C=N–C) groups is 2. The zero-order valence-electron chi connectivity index (χ0n) is 11.1. The van der Waals surface area contributed by atoms with Crippen molar-refractivity contribution in [1.29, 1.82) is 0 Å². The first-order valence-electron chi connectivity index (χ1n) is 5.84. The predicted octanol–water partition coefficient (Wildman–Crippen LogP) is 1.15. The fourth-order valence-electron chi connectivity index (χ4n) is 1.78. The van der Waals surface area contributed by atoms with Crippen molar-refractivity contribution in [2.45, 2.75) is 32.4 Å². The van der Waals surface area contributed by atoms with Crippen molar-refractivity contribution >= 4 is 11.8 Å². The molecule has 0 aromatic carbocycles. The van der Waals surface area contributed by atoms with E-state index in [1.807, 2.05) is 13.8 Å². The average Bonchev–Trinajstić information content (AvgIpc) is 2.34. The van der Waals surface area contributed by atoms with E-state index < -0.39 is 6.04 Å². The monoisotopic (exact) mass is 257 g/mol. The van der Waals surface area contributed by atoms with Crippen molar-refractivity contribution in [3.63, 3.8) is 0 Å². The number of nitro groups is 1. The van der Waals surface area contributed by atoms with Gasteiger partial charge in [-0.1, -0.05) is 13.8 Å². The minimum atomic E-state index is -0.426. The number of hydrogen-bond acceptors (Lipinski definition) is 6. The molecule has 0 saturated carbocycles. The van der Waals surface area contributed by atoms with E-state index in [1.165, 1.54) is 14.2 Å². The molecule has 1 aliphatic heterocycles. The largest absolute Gasteiger partial charge is 0.483 e. The van der Waals surface area contributed by atoms with Crippen LogP contribution in [0.5, 0.6) is 0 Å². The van der Waals surface area contributed by atoms with Gasteiger partial charge in [-0.25, -0.2) is 9.98 Å². The Morgan fingerprint density at radius 2 is 1.89 bits per heavy atom. The maximum absolute atomic E-state index is 10.4. The van der Waals surface area contributed by atoms with Gasteiger partial charge >= 0.3 is 0 Å². The second-order valence-electron chi connectivity index (χ2n) is 4.39. The molecule has 0 aromatic heterocycles. The SMILES string of the molecule is COC1=N[C@H](CC[N+](=O)[O-])C(OC)=N[C@H]1C(C)C. The summed E-state index contributed by atoms with van der Waals surface area (Å²) in [6.07, 6.45) is 0.261. The van der Waals surface area contributed by atoms with Crippen LogP contribution in [-0.4, -0.2) is 49.6 Å². The van der Waals surface area contributed by atoms with E-state index in [4.69, 9.17) is 9.47 Å². The molecule has 102 valence electrons. The van der Waals surface area contributed by atoms with Crippen molar-refractivity contribution in [2.75, 3.05) is 20.8 Å². The first-order chi connectivity index (χ1) is 8.49. The molecule has 1 heterocycles. The summed E-state index contributed by atoms with van der Waals surface area (Å²) in [5.41, 5.74) is 0. The van der Waals surface area contributed by atoms with Gasteiger partial charge in [-0.2, -0.15) is 0 Å². The van der Waals surface area contributed by atoms with Crippen molar-refractivity contribution in [1.82, 2.24) is 0 Å². The van der Waals surface area contributed by atoms with E-state index in [-0.39, 0.29) is 29.8 Å². The molecule has 0 fully saturated rings. The number of methoxy groups -OCH3 is 2. The number of hydrogen-bond donors (Lipinski definition) is 0. The van der Waals surface area contributed by atoms with Crippen LogP contribution in [0, 0.1) is 16.0 Å². The summed E-state index contributed by atoms with van der Waals surface area (Å²) in [7, 11) is 3.04. The van der Waals surface area contributed by atoms with Gasteiger partial charge in [0.1, 0.15) is 12.1 Å². The van der Waals surface area contributed by atoms with Crippen molar-refractivity contribution in [3.8, 4) is 0 Å². The van der Waals surface area contributed by atoms with Crippen LogP contribution in [0.25, 0.3) is 0 Å². The number of nitrogens with zero attached hydrogens (tertiary/aromatic N) is 3. The van der Waals surface area contributed by atoms with Gasteiger partial charge in [0.2, 0.25) is 18.3 Å². The Morgan fingerprint density at radius 3 is 2.33 bits per heavy atom.